The molecule has 3 aliphatic heterocycles. The minimum Gasteiger partial charge on any atom is -0.478 e. The van der Waals surface area contributed by atoms with Gasteiger partial charge in [-0.2, -0.15) is 0 Å². The van der Waals surface area contributed by atoms with Gasteiger partial charge in [-0.1, -0.05) is 16.9 Å². The van der Waals surface area contributed by atoms with E-state index in [9.17, 15) is 24.3 Å². The summed E-state index contributed by atoms with van der Waals surface area (Å²) in [6.45, 7) is 1.21. The van der Waals surface area contributed by atoms with Crippen molar-refractivity contribution in [3.05, 3.63) is 22.3 Å². The number of carboxylic acid groups (broad SMARTS) is 2. The van der Waals surface area contributed by atoms with Gasteiger partial charge in [-0.15, -0.1) is 23.1 Å². The van der Waals surface area contributed by atoms with E-state index in [0.717, 1.165) is 28.0 Å². The molecule has 0 aromatic carbocycles. The van der Waals surface area contributed by atoms with Crippen LogP contribution in [0.3, 0.4) is 0 Å². The number of aromatic nitrogens is 1. The molecule has 0 bridgehead atoms. The molecule has 4 atom stereocenters. The van der Waals surface area contributed by atoms with Gasteiger partial charge < -0.3 is 31.8 Å². The van der Waals surface area contributed by atoms with Gasteiger partial charge in [0.25, 0.3) is 11.8 Å². The summed E-state index contributed by atoms with van der Waals surface area (Å²) in [5, 5.41) is 35.2. The number of thiazole rings is 1. The second-order valence-corrected chi connectivity index (χ2v) is 11.5. The number of hydrazine groups is 1. The fourth-order valence-corrected chi connectivity index (χ4v) is 6.72. The highest BCUT2D eigenvalue weighted by Gasteiger charge is 2.54. The standard InChI is InChI=1S/C20H24N10O7S3/c1-6(17(33)34)37-28-11(8-5-39-19(23)25-8)14(31)27-12-15(32)29-13(18(35)36)7(3-38-16(12)29)4-40-20-26-9(21)2-10(22)30(20)24/h5-6,10,12,16,21H,2-4,22,24H2,1H3,(H2,23,25)(H,27,31)(H,33,34)(H,35,36)/t6-,10?,12?,16+/m1/s1. The fraction of sp³-hybridized carbons (Fsp3) is 0.400. The number of fused-ring (bicyclic) bond motifs is 1. The van der Waals surface area contributed by atoms with E-state index in [1.807, 2.05) is 0 Å². The Morgan fingerprint density at radius 2 is 2.12 bits per heavy atom. The second kappa shape index (κ2) is 11.8. The second-order valence-electron chi connectivity index (χ2n) is 8.52. The number of nitrogen functional groups attached to an aromatic ring is 1. The number of carbonyl (C=O) groups excluding carboxylic acids is 2. The molecule has 0 spiro atoms. The number of hydrogen-bond acceptors (Lipinski definition) is 15. The molecule has 4 heterocycles. The normalized spacial score (nSPS) is 23.7. The third kappa shape index (κ3) is 5.89. The average Bonchev–Trinajstić information content (AvgIpc) is 3.33. The highest BCUT2D eigenvalue weighted by atomic mass is 32.2. The molecule has 1 fully saturated rings. The number of amidine groups is 2. The van der Waals surface area contributed by atoms with Crippen LogP contribution < -0.4 is 22.6 Å². The number of oxime groups is 1. The van der Waals surface area contributed by atoms with Gasteiger partial charge in [-0.05, 0) is 12.5 Å². The Morgan fingerprint density at radius 3 is 2.75 bits per heavy atom. The van der Waals surface area contributed by atoms with Gasteiger partial charge in [0.2, 0.25) is 6.10 Å². The van der Waals surface area contributed by atoms with Crippen LogP contribution in [-0.4, -0.2) is 101 Å². The van der Waals surface area contributed by atoms with E-state index in [1.165, 1.54) is 29.1 Å². The summed E-state index contributed by atoms with van der Waals surface area (Å²) in [7, 11) is 0. The third-order valence-electron chi connectivity index (χ3n) is 5.75. The molecule has 214 valence electrons. The Hall–Kier alpha value is -3.72. The first-order chi connectivity index (χ1) is 18.9. The van der Waals surface area contributed by atoms with E-state index in [4.69, 9.17) is 32.7 Å². The number of nitrogens with one attached hydrogen (secondary N) is 2. The molecule has 1 aromatic rings. The Balaban J connectivity index is 1.50. The average molecular weight is 613 g/mol. The van der Waals surface area contributed by atoms with E-state index >= 15 is 0 Å². The predicted molar refractivity (Wildman–Crippen MR) is 147 cm³/mol. The highest BCUT2D eigenvalue weighted by molar-refractivity contribution is 8.14. The number of anilines is 1. The first kappa shape index (κ1) is 29.3. The molecule has 40 heavy (non-hydrogen) atoms. The summed E-state index contributed by atoms with van der Waals surface area (Å²) >= 11 is 3.34. The molecule has 17 nitrogen and oxygen atoms in total. The van der Waals surface area contributed by atoms with Crippen LogP contribution in [0, 0.1) is 5.41 Å². The van der Waals surface area contributed by atoms with Gasteiger partial charge in [0, 0.05) is 23.3 Å². The summed E-state index contributed by atoms with van der Waals surface area (Å²) in [4.78, 5) is 63.4. The van der Waals surface area contributed by atoms with Crippen molar-refractivity contribution in [2.45, 2.75) is 37.0 Å². The number of amides is 2. The van der Waals surface area contributed by atoms with Gasteiger partial charge in [-0.3, -0.25) is 24.9 Å². The molecule has 4 rings (SSSR count). The number of nitrogens with zero attached hydrogens (tertiary/aromatic N) is 5. The predicted octanol–water partition coefficient (Wildman–Crippen LogP) is -1.41. The lowest BCUT2D eigenvalue weighted by Gasteiger charge is -2.49. The summed E-state index contributed by atoms with van der Waals surface area (Å²) in [6, 6.07) is -1.10. The molecular formula is C20H24N10O7S3. The number of hydrogen-bond donors (Lipinski definition) is 7. The van der Waals surface area contributed by atoms with Crippen LogP contribution in [0.5, 0.6) is 0 Å². The van der Waals surface area contributed by atoms with Crippen molar-refractivity contribution >= 4 is 80.5 Å². The number of carbonyl (C=O) groups is 4. The first-order valence-electron chi connectivity index (χ1n) is 11.4. The first-order valence-corrected chi connectivity index (χ1v) is 14.3. The lowest BCUT2D eigenvalue weighted by atomic mass is 10.0. The summed E-state index contributed by atoms with van der Waals surface area (Å²) < 4.78 is 0. The molecular weight excluding hydrogens is 588 g/mol. The largest absolute Gasteiger partial charge is 0.478 e. The molecule has 1 aromatic heterocycles. The van der Waals surface area contributed by atoms with Gasteiger partial charge in [0.1, 0.15) is 34.8 Å². The molecule has 3 aliphatic rings. The molecule has 2 unspecified atom stereocenters. The maximum Gasteiger partial charge on any atom is 0.352 e. The summed E-state index contributed by atoms with van der Waals surface area (Å²) in [6.07, 6.45) is -1.84. The van der Waals surface area contributed by atoms with Crippen molar-refractivity contribution in [1.82, 2.24) is 20.2 Å². The number of β-lactam (4-membered cyclic amide) rings is 1. The van der Waals surface area contributed by atoms with Crippen LogP contribution in [0.25, 0.3) is 0 Å². The molecule has 1 saturated heterocycles. The summed E-state index contributed by atoms with van der Waals surface area (Å²) in [5.41, 5.74) is 11.4. The minimum absolute atomic E-state index is 0.00956. The van der Waals surface area contributed by atoms with Crippen molar-refractivity contribution in [1.29, 1.82) is 5.41 Å². The van der Waals surface area contributed by atoms with E-state index < -0.39 is 53.2 Å². The molecule has 0 aliphatic carbocycles. The van der Waals surface area contributed by atoms with Crippen LogP contribution in [0.1, 0.15) is 19.0 Å². The number of thioether (sulfide) groups is 2. The van der Waals surface area contributed by atoms with E-state index in [-0.39, 0.29) is 45.5 Å². The van der Waals surface area contributed by atoms with E-state index in [0.29, 0.717) is 5.57 Å². The molecule has 10 N–H and O–H groups in total. The van der Waals surface area contributed by atoms with Crippen molar-refractivity contribution in [3.63, 3.8) is 0 Å². The maximum absolute atomic E-state index is 13.1. The molecule has 0 radical (unpaired) electrons. The van der Waals surface area contributed by atoms with Crippen LogP contribution in [0.15, 0.2) is 26.8 Å². The highest BCUT2D eigenvalue weighted by Crippen LogP contribution is 2.41. The Labute approximate surface area is 238 Å². The number of nitrogens with two attached hydrogens (primary N) is 3. The van der Waals surface area contributed by atoms with Crippen LogP contribution in [0.4, 0.5) is 5.13 Å². The van der Waals surface area contributed by atoms with Crippen molar-refractivity contribution < 1.29 is 34.2 Å². The number of carboxylic acids is 2. The lowest BCUT2D eigenvalue weighted by molar-refractivity contribution is -0.150. The van der Waals surface area contributed by atoms with Gasteiger partial charge in [0.15, 0.2) is 16.0 Å². The topological polar surface area (TPSA) is 276 Å². The fourth-order valence-electron chi connectivity index (χ4n) is 3.70. The Kier molecular flexibility index (Phi) is 8.63. The van der Waals surface area contributed by atoms with Crippen molar-refractivity contribution in [2.75, 3.05) is 17.2 Å². The number of rotatable bonds is 9. The van der Waals surface area contributed by atoms with Crippen LogP contribution >= 0.6 is 34.9 Å². The third-order valence-corrected chi connectivity index (χ3v) is 8.82. The van der Waals surface area contributed by atoms with Crippen LogP contribution in [-0.2, 0) is 24.0 Å². The van der Waals surface area contributed by atoms with Gasteiger partial charge in [0.05, 0.1) is 0 Å². The Morgan fingerprint density at radius 1 is 1.40 bits per heavy atom. The zero-order valence-electron chi connectivity index (χ0n) is 20.6. The zero-order chi connectivity index (χ0) is 29.3. The molecule has 0 saturated carbocycles. The zero-order valence-corrected chi connectivity index (χ0v) is 23.1. The number of aliphatic imine (C=N–C) groups is 1. The lowest BCUT2D eigenvalue weighted by Crippen LogP contribution is -2.71. The van der Waals surface area contributed by atoms with Gasteiger partial charge in [-0.25, -0.2) is 25.4 Å². The smallest absolute Gasteiger partial charge is 0.352 e. The Bertz CT molecular complexity index is 1360. The number of aliphatic carboxylic acids is 2. The summed E-state index contributed by atoms with van der Waals surface area (Å²) in [5.74, 6) is 2.12. The molecule has 2 amide bonds. The van der Waals surface area contributed by atoms with Crippen molar-refractivity contribution in [3.8, 4) is 0 Å². The molecule has 20 heteroatoms. The van der Waals surface area contributed by atoms with Crippen molar-refractivity contribution in [2.24, 2.45) is 21.7 Å². The maximum atomic E-state index is 13.1. The monoisotopic (exact) mass is 612 g/mol. The SMILES string of the molecule is C[C@@H](ON=C(C(=O)NC1C(=O)N2C(C(=O)O)=C(CSC3=NC(=N)CC(N)N3N)CS[C@@H]12)c1csc(N)n1)C(=O)O. The van der Waals surface area contributed by atoms with E-state index in [2.05, 4.69) is 20.4 Å². The van der Waals surface area contributed by atoms with Gasteiger partial charge >= 0.3 is 11.9 Å². The minimum atomic E-state index is -1.37. The quantitative estimate of drug-likeness (QED) is 0.0730. The van der Waals surface area contributed by atoms with Crippen LogP contribution in [0.2, 0.25) is 0 Å². The van der Waals surface area contributed by atoms with E-state index in [1.54, 1.807) is 0 Å².